The van der Waals surface area contributed by atoms with Crippen molar-refractivity contribution in [3.8, 4) is 0 Å². The minimum atomic E-state index is -6.85. The highest BCUT2D eigenvalue weighted by molar-refractivity contribution is 7.99. The van der Waals surface area contributed by atoms with E-state index in [9.17, 15) is 39.5 Å². The Morgan fingerprint density at radius 2 is 1.43 bits per heavy atom. The van der Waals surface area contributed by atoms with Gasteiger partial charge in [-0.05, 0) is 31.3 Å². The second-order valence-corrected chi connectivity index (χ2v) is 8.88. The van der Waals surface area contributed by atoms with E-state index in [1.807, 2.05) is 6.92 Å². The first-order valence-corrected chi connectivity index (χ1v) is 12.2. The lowest BCUT2D eigenvalue weighted by Crippen LogP contribution is -2.60. The summed E-state index contributed by atoms with van der Waals surface area (Å²) >= 11 is 0.715. The molecule has 2 unspecified atom stereocenters. The Morgan fingerprint density at radius 1 is 0.829 bits per heavy atom. The predicted molar refractivity (Wildman–Crippen MR) is 110 cm³/mol. The summed E-state index contributed by atoms with van der Waals surface area (Å²) in [6, 6.07) is 0. The van der Waals surface area contributed by atoms with E-state index < -0.39 is 36.1 Å². The summed E-state index contributed by atoms with van der Waals surface area (Å²) in [7, 11) is 0. The third-order valence-electron chi connectivity index (χ3n) is 4.73. The van der Waals surface area contributed by atoms with E-state index >= 15 is 0 Å². The maximum absolute atomic E-state index is 13.5. The van der Waals surface area contributed by atoms with Crippen LogP contribution in [0.3, 0.4) is 0 Å². The smallest absolute Gasteiger partial charge is 0.379 e. The molecular weight excluding hydrogens is 523 g/mol. The molecule has 1 saturated heterocycles. The van der Waals surface area contributed by atoms with Crippen LogP contribution in [0.5, 0.6) is 0 Å². The summed E-state index contributed by atoms with van der Waals surface area (Å²) in [5.41, 5.74) is 0. The second kappa shape index (κ2) is 15.1. The van der Waals surface area contributed by atoms with Crippen molar-refractivity contribution in [2.24, 2.45) is 0 Å². The van der Waals surface area contributed by atoms with Crippen LogP contribution in [0, 0.1) is 0 Å². The molecule has 1 aliphatic heterocycles. The van der Waals surface area contributed by atoms with Crippen LogP contribution in [0.25, 0.3) is 0 Å². The third-order valence-corrected chi connectivity index (χ3v) is 5.80. The molecule has 0 aromatic rings. The highest BCUT2D eigenvalue weighted by Gasteiger charge is 2.81. The van der Waals surface area contributed by atoms with Crippen molar-refractivity contribution < 1.29 is 63.2 Å². The van der Waals surface area contributed by atoms with Crippen molar-refractivity contribution in [2.45, 2.75) is 62.3 Å². The number of hydrogen-bond acceptors (Lipinski definition) is 6. The number of hydrogen-bond donors (Lipinski definition) is 0. The Hall–Kier alpha value is -0.480. The molecule has 0 aromatic heterocycles. The van der Waals surface area contributed by atoms with Crippen LogP contribution in [-0.4, -0.2) is 101 Å². The minimum absolute atomic E-state index is 0.146. The molecule has 0 amide bonds. The average Bonchev–Trinajstić information content (AvgIpc) is 3.58. The number of rotatable bonds is 21. The van der Waals surface area contributed by atoms with Gasteiger partial charge in [0.2, 0.25) is 0 Å². The molecule has 210 valence electrons. The van der Waals surface area contributed by atoms with Crippen LogP contribution in [0.4, 0.5) is 39.5 Å². The molecule has 0 spiro atoms. The Bertz CT molecular complexity index is 578. The third kappa shape index (κ3) is 11.2. The van der Waals surface area contributed by atoms with Crippen molar-refractivity contribution in [3.05, 3.63) is 0 Å². The maximum Gasteiger partial charge on any atom is 0.460 e. The van der Waals surface area contributed by atoms with Crippen LogP contribution in [0.2, 0.25) is 0 Å². The Labute approximate surface area is 202 Å². The van der Waals surface area contributed by atoms with E-state index in [1.165, 1.54) is 0 Å². The van der Waals surface area contributed by atoms with E-state index in [2.05, 4.69) is 0 Å². The molecule has 35 heavy (non-hydrogen) atoms. The highest BCUT2D eigenvalue weighted by atomic mass is 32.2. The number of ether oxygens (including phenoxy) is 5. The van der Waals surface area contributed by atoms with Gasteiger partial charge in [-0.25, -0.2) is 0 Å². The van der Waals surface area contributed by atoms with E-state index in [4.69, 9.17) is 23.7 Å². The first kappa shape index (κ1) is 32.5. The summed E-state index contributed by atoms with van der Waals surface area (Å²) < 4.78 is 142. The molecule has 2 atom stereocenters. The van der Waals surface area contributed by atoms with Gasteiger partial charge in [0.05, 0.1) is 39.1 Å². The Kier molecular flexibility index (Phi) is 14.0. The number of epoxide rings is 1. The summed E-state index contributed by atoms with van der Waals surface area (Å²) in [6.45, 7) is 4.93. The zero-order valence-electron chi connectivity index (χ0n) is 19.2. The number of halogens is 9. The molecule has 0 aromatic carbocycles. The largest absolute Gasteiger partial charge is 0.460 e. The molecule has 5 nitrogen and oxygen atoms in total. The van der Waals surface area contributed by atoms with E-state index in [0.717, 1.165) is 6.42 Å². The maximum atomic E-state index is 13.5. The highest BCUT2D eigenvalue weighted by Crippen LogP contribution is 2.54. The topological polar surface area (TPSA) is 49.5 Å². The standard InChI is InChI=1S/C20H31F9O5S/c1-2-30-8-9-32-13-16(33-7-4-15-14-34-15)12-31-6-3-10-35-11-5-17(21,22)18(23,24)19(25,26)20(27,28)29/h15-16H,2-14H2,1H3. The first-order chi connectivity index (χ1) is 16.3. The lowest BCUT2D eigenvalue weighted by atomic mass is 10.0. The quantitative estimate of drug-likeness (QED) is 0.110. The fraction of sp³-hybridized carbons (Fsp3) is 1.00. The van der Waals surface area contributed by atoms with Crippen LogP contribution in [-0.2, 0) is 23.7 Å². The van der Waals surface area contributed by atoms with Gasteiger partial charge in [0.1, 0.15) is 6.10 Å². The molecule has 1 rings (SSSR count). The summed E-state index contributed by atoms with van der Waals surface area (Å²) in [5, 5.41) is 0. The van der Waals surface area contributed by atoms with Gasteiger partial charge in [-0.1, -0.05) is 0 Å². The molecule has 0 aliphatic carbocycles. The molecule has 0 N–H and O–H groups in total. The van der Waals surface area contributed by atoms with E-state index in [-0.39, 0.29) is 37.8 Å². The van der Waals surface area contributed by atoms with Crippen molar-refractivity contribution in [1.29, 1.82) is 0 Å². The molecule has 0 saturated carbocycles. The number of thioether (sulfide) groups is 1. The van der Waals surface area contributed by atoms with Gasteiger partial charge in [0.15, 0.2) is 0 Å². The lowest BCUT2D eigenvalue weighted by molar-refractivity contribution is -0.396. The van der Waals surface area contributed by atoms with E-state index in [0.29, 0.717) is 51.2 Å². The van der Waals surface area contributed by atoms with Crippen molar-refractivity contribution in [2.75, 3.05) is 64.4 Å². The normalized spacial score (nSPS) is 18.2. The van der Waals surface area contributed by atoms with E-state index in [1.54, 1.807) is 0 Å². The fourth-order valence-electron chi connectivity index (χ4n) is 2.57. The lowest BCUT2D eigenvalue weighted by Gasteiger charge is -2.33. The van der Waals surface area contributed by atoms with Gasteiger partial charge in [-0.15, -0.1) is 0 Å². The fourth-order valence-corrected chi connectivity index (χ4v) is 3.49. The molecule has 15 heteroatoms. The molecule has 1 heterocycles. The zero-order chi connectivity index (χ0) is 26.6. The molecular formula is C20H31F9O5S. The van der Waals surface area contributed by atoms with Crippen LogP contribution in [0.15, 0.2) is 0 Å². The first-order valence-electron chi connectivity index (χ1n) is 11.0. The van der Waals surface area contributed by atoms with Crippen molar-refractivity contribution in [3.63, 3.8) is 0 Å². The summed E-state index contributed by atoms with van der Waals surface area (Å²) in [5.74, 6) is -19.5. The second-order valence-electron chi connectivity index (χ2n) is 7.65. The van der Waals surface area contributed by atoms with Crippen LogP contribution in [0.1, 0.15) is 26.2 Å². The van der Waals surface area contributed by atoms with Crippen LogP contribution < -0.4 is 0 Å². The van der Waals surface area contributed by atoms with Gasteiger partial charge in [-0.3, -0.25) is 0 Å². The molecule has 0 bridgehead atoms. The van der Waals surface area contributed by atoms with Gasteiger partial charge < -0.3 is 23.7 Å². The van der Waals surface area contributed by atoms with Crippen molar-refractivity contribution in [1.82, 2.24) is 0 Å². The summed E-state index contributed by atoms with van der Waals surface area (Å²) in [4.78, 5) is 0. The Balaban J connectivity index is 2.25. The molecule has 0 radical (unpaired) electrons. The van der Waals surface area contributed by atoms with Gasteiger partial charge in [0, 0.05) is 26.2 Å². The molecule has 1 aliphatic rings. The summed E-state index contributed by atoms with van der Waals surface area (Å²) in [6.07, 6.45) is -7.79. The monoisotopic (exact) mass is 554 g/mol. The predicted octanol–water partition coefficient (Wildman–Crippen LogP) is 5.21. The van der Waals surface area contributed by atoms with Gasteiger partial charge in [-0.2, -0.15) is 51.3 Å². The van der Waals surface area contributed by atoms with Gasteiger partial charge >= 0.3 is 23.9 Å². The Morgan fingerprint density at radius 3 is 2.00 bits per heavy atom. The SMILES string of the molecule is CCOCCOCC(COCCCSCCC(F)(F)C(F)(F)C(F)(F)C(F)(F)F)OCCC1CO1. The van der Waals surface area contributed by atoms with Crippen molar-refractivity contribution >= 4 is 11.8 Å². The van der Waals surface area contributed by atoms with Gasteiger partial charge in [0.25, 0.3) is 0 Å². The molecule has 1 fully saturated rings. The number of alkyl halides is 9. The minimum Gasteiger partial charge on any atom is -0.379 e. The average molecular weight is 555 g/mol. The van der Waals surface area contributed by atoms with Crippen LogP contribution >= 0.6 is 11.8 Å². The zero-order valence-corrected chi connectivity index (χ0v) is 20.0.